The lowest BCUT2D eigenvalue weighted by Gasteiger charge is -2.22. The summed E-state index contributed by atoms with van der Waals surface area (Å²) < 4.78 is 28.0. The van der Waals surface area contributed by atoms with Crippen LogP contribution in [0.25, 0.3) is 0 Å². The molecule has 4 rings (SSSR count). The first-order valence-electron chi connectivity index (χ1n) is 10.1. The zero-order valence-corrected chi connectivity index (χ0v) is 17.6. The number of hydrogen-bond acceptors (Lipinski definition) is 4. The Labute approximate surface area is 176 Å². The highest BCUT2D eigenvalue weighted by molar-refractivity contribution is 7.89. The van der Waals surface area contributed by atoms with Gasteiger partial charge >= 0.3 is 0 Å². The molecule has 8 heteroatoms. The van der Waals surface area contributed by atoms with Gasteiger partial charge < -0.3 is 10.6 Å². The highest BCUT2D eigenvalue weighted by Crippen LogP contribution is 2.33. The van der Waals surface area contributed by atoms with Gasteiger partial charge in [0.2, 0.25) is 10.0 Å². The van der Waals surface area contributed by atoms with Gasteiger partial charge in [-0.15, -0.1) is 0 Å². The standard InChI is InChI=1S/C22H25N3O4S/c1-23-21(26)16-6-12-20(13-7-16)30(28,29)25(19-10-11-19)14-15-2-4-17(5-3-15)22(27)24-18-8-9-18/h2-7,12-13,18-19H,8-11,14H2,1H3,(H,23,26)(H,24,27). The lowest BCUT2D eigenvalue weighted by atomic mass is 10.1. The van der Waals surface area contributed by atoms with Gasteiger partial charge in [-0.25, -0.2) is 8.42 Å². The summed E-state index contributed by atoms with van der Waals surface area (Å²) in [4.78, 5) is 24.0. The molecule has 0 atom stereocenters. The molecule has 0 unspecified atom stereocenters. The molecule has 2 saturated carbocycles. The van der Waals surface area contributed by atoms with E-state index in [0.717, 1.165) is 31.2 Å². The van der Waals surface area contributed by atoms with E-state index in [9.17, 15) is 18.0 Å². The maximum absolute atomic E-state index is 13.2. The average molecular weight is 428 g/mol. The molecule has 158 valence electrons. The van der Waals surface area contributed by atoms with E-state index < -0.39 is 10.0 Å². The van der Waals surface area contributed by atoms with Crippen LogP contribution in [0.3, 0.4) is 0 Å². The molecular formula is C22H25N3O4S. The van der Waals surface area contributed by atoms with Crippen LogP contribution in [-0.2, 0) is 16.6 Å². The van der Waals surface area contributed by atoms with Crippen molar-refractivity contribution in [2.45, 2.75) is 49.2 Å². The van der Waals surface area contributed by atoms with Gasteiger partial charge in [0.25, 0.3) is 11.8 Å². The molecule has 30 heavy (non-hydrogen) atoms. The van der Waals surface area contributed by atoms with Crippen molar-refractivity contribution in [3.05, 3.63) is 65.2 Å². The van der Waals surface area contributed by atoms with E-state index in [1.807, 2.05) is 0 Å². The molecule has 0 saturated heterocycles. The van der Waals surface area contributed by atoms with E-state index in [4.69, 9.17) is 0 Å². The summed E-state index contributed by atoms with van der Waals surface area (Å²) in [5.74, 6) is -0.351. The van der Waals surface area contributed by atoms with Gasteiger partial charge in [0, 0.05) is 36.8 Å². The van der Waals surface area contributed by atoms with Gasteiger partial charge in [-0.3, -0.25) is 9.59 Å². The molecule has 0 radical (unpaired) electrons. The minimum atomic E-state index is -3.70. The fourth-order valence-electron chi connectivity index (χ4n) is 3.27. The predicted molar refractivity (Wildman–Crippen MR) is 113 cm³/mol. The van der Waals surface area contributed by atoms with Crippen LogP contribution < -0.4 is 10.6 Å². The Hall–Kier alpha value is -2.71. The lowest BCUT2D eigenvalue weighted by Crippen LogP contribution is -2.32. The van der Waals surface area contributed by atoms with Crippen molar-refractivity contribution in [1.82, 2.24) is 14.9 Å². The van der Waals surface area contributed by atoms with E-state index in [1.165, 1.54) is 35.6 Å². The molecule has 7 nitrogen and oxygen atoms in total. The molecule has 0 aromatic heterocycles. The zero-order valence-electron chi connectivity index (χ0n) is 16.8. The number of nitrogens with zero attached hydrogens (tertiary/aromatic N) is 1. The van der Waals surface area contributed by atoms with Crippen molar-refractivity contribution < 1.29 is 18.0 Å². The highest BCUT2D eigenvalue weighted by Gasteiger charge is 2.38. The summed E-state index contributed by atoms with van der Waals surface area (Å²) in [6.45, 7) is 0.245. The minimum absolute atomic E-state index is 0.0218. The number of nitrogens with one attached hydrogen (secondary N) is 2. The highest BCUT2D eigenvalue weighted by atomic mass is 32.2. The smallest absolute Gasteiger partial charge is 0.251 e. The monoisotopic (exact) mass is 427 g/mol. The van der Waals surface area contributed by atoms with Gasteiger partial charge in [0.1, 0.15) is 0 Å². The molecule has 2 N–H and O–H groups in total. The summed E-state index contributed by atoms with van der Waals surface area (Å²) in [6.07, 6.45) is 3.72. The van der Waals surface area contributed by atoms with Gasteiger partial charge in [-0.05, 0) is 67.6 Å². The Kier molecular flexibility index (Phi) is 5.62. The molecule has 2 aliphatic rings. The summed E-state index contributed by atoms with van der Waals surface area (Å²) in [6, 6.07) is 13.3. The molecule has 0 bridgehead atoms. The number of sulfonamides is 1. The van der Waals surface area contributed by atoms with Crippen LogP contribution in [0.1, 0.15) is 52.0 Å². The third kappa shape index (κ3) is 4.55. The topological polar surface area (TPSA) is 95.6 Å². The number of amides is 2. The number of benzene rings is 2. The third-order valence-corrected chi connectivity index (χ3v) is 7.28. The Morgan fingerprint density at radius 2 is 1.47 bits per heavy atom. The SMILES string of the molecule is CNC(=O)c1ccc(S(=O)(=O)N(Cc2ccc(C(=O)NC3CC3)cc2)C2CC2)cc1. The van der Waals surface area contributed by atoms with Crippen LogP contribution in [0, 0.1) is 0 Å². The predicted octanol–water partition coefficient (Wildman–Crippen LogP) is 2.29. The second-order valence-corrected chi connectivity index (χ2v) is 9.72. The van der Waals surface area contributed by atoms with Gasteiger partial charge in [0.15, 0.2) is 0 Å². The second-order valence-electron chi connectivity index (χ2n) is 7.83. The molecule has 2 amide bonds. The van der Waals surface area contributed by atoms with Crippen molar-refractivity contribution in [1.29, 1.82) is 0 Å². The van der Waals surface area contributed by atoms with E-state index in [-0.39, 0.29) is 29.3 Å². The summed E-state index contributed by atoms with van der Waals surface area (Å²) in [5, 5.41) is 5.47. The average Bonchev–Trinajstić information content (AvgIpc) is 3.67. The Bertz CT molecular complexity index is 1040. The summed E-state index contributed by atoms with van der Waals surface area (Å²) in [5.41, 5.74) is 1.82. The third-order valence-electron chi connectivity index (χ3n) is 5.37. The lowest BCUT2D eigenvalue weighted by molar-refractivity contribution is 0.0947. The van der Waals surface area contributed by atoms with Crippen LogP contribution in [0.5, 0.6) is 0 Å². The van der Waals surface area contributed by atoms with Crippen LogP contribution in [-0.4, -0.2) is 43.7 Å². The fourth-order valence-corrected chi connectivity index (χ4v) is 4.94. The van der Waals surface area contributed by atoms with Gasteiger partial charge in [-0.1, -0.05) is 12.1 Å². The fraction of sp³-hybridized carbons (Fsp3) is 0.364. The number of carbonyl (C=O) groups excluding carboxylic acids is 2. The molecule has 2 fully saturated rings. The van der Waals surface area contributed by atoms with E-state index >= 15 is 0 Å². The number of hydrogen-bond donors (Lipinski definition) is 2. The van der Waals surface area contributed by atoms with Crippen molar-refractivity contribution >= 4 is 21.8 Å². The van der Waals surface area contributed by atoms with Crippen molar-refractivity contribution in [2.24, 2.45) is 0 Å². The number of carbonyl (C=O) groups is 2. The van der Waals surface area contributed by atoms with Crippen LogP contribution in [0.15, 0.2) is 53.4 Å². The molecule has 2 aliphatic carbocycles. The first-order valence-corrected chi connectivity index (χ1v) is 11.6. The first kappa shape index (κ1) is 20.6. The molecule has 0 heterocycles. The molecule has 2 aromatic carbocycles. The number of rotatable bonds is 8. The normalized spacial score (nSPS) is 16.3. The summed E-state index contributed by atoms with van der Waals surface area (Å²) in [7, 11) is -2.17. The van der Waals surface area contributed by atoms with Crippen LogP contribution in [0.2, 0.25) is 0 Å². The molecule has 0 spiro atoms. The van der Waals surface area contributed by atoms with E-state index in [1.54, 1.807) is 24.3 Å². The Balaban J connectivity index is 1.50. The molecule has 2 aromatic rings. The van der Waals surface area contributed by atoms with Crippen LogP contribution >= 0.6 is 0 Å². The van der Waals surface area contributed by atoms with Crippen molar-refractivity contribution in [2.75, 3.05) is 7.05 Å². The van der Waals surface area contributed by atoms with Gasteiger partial charge in [-0.2, -0.15) is 4.31 Å². The molecular weight excluding hydrogens is 402 g/mol. The van der Waals surface area contributed by atoms with Crippen LogP contribution in [0.4, 0.5) is 0 Å². The Morgan fingerprint density at radius 3 is 2.00 bits per heavy atom. The maximum atomic E-state index is 13.2. The first-order chi connectivity index (χ1) is 14.4. The maximum Gasteiger partial charge on any atom is 0.251 e. The minimum Gasteiger partial charge on any atom is -0.355 e. The van der Waals surface area contributed by atoms with E-state index in [0.29, 0.717) is 17.2 Å². The van der Waals surface area contributed by atoms with Gasteiger partial charge in [0.05, 0.1) is 4.90 Å². The largest absolute Gasteiger partial charge is 0.355 e. The summed E-state index contributed by atoms with van der Waals surface area (Å²) >= 11 is 0. The van der Waals surface area contributed by atoms with Crippen molar-refractivity contribution in [3.63, 3.8) is 0 Å². The zero-order chi connectivity index (χ0) is 21.3. The Morgan fingerprint density at radius 1 is 0.900 bits per heavy atom. The van der Waals surface area contributed by atoms with Crippen molar-refractivity contribution in [3.8, 4) is 0 Å². The molecule has 0 aliphatic heterocycles. The van der Waals surface area contributed by atoms with E-state index in [2.05, 4.69) is 10.6 Å². The quantitative estimate of drug-likeness (QED) is 0.676. The second kappa shape index (κ2) is 8.20.